The number of imidazole rings is 1. The van der Waals surface area contributed by atoms with Crippen LogP contribution in [0.3, 0.4) is 0 Å². The molecule has 6 rings (SSSR count). The van der Waals surface area contributed by atoms with E-state index in [1.807, 2.05) is 18.1 Å². The van der Waals surface area contributed by atoms with Gasteiger partial charge >= 0.3 is 6.18 Å². The van der Waals surface area contributed by atoms with Crippen LogP contribution in [0.5, 0.6) is 0 Å². The fraction of sp³-hybridized carbons (Fsp3) is 0.462. The summed E-state index contributed by atoms with van der Waals surface area (Å²) in [5.74, 6) is 1.81. The van der Waals surface area contributed by atoms with Crippen molar-refractivity contribution in [2.75, 3.05) is 25.5 Å². The minimum absolute atomic E-state index is 0.137. The third-order valence-electron chi connectivity index (χ3n) is 7.96. The van der Waals surface area contributed by atoms with Gasteiger partial charge in [-0.05, 0) is 56.2 Å². The molecule has 3 aliphatic rings. The Balaban J connectivity index is 1.31. The Hall–Kier alpha value is -3.23. The highest BCUT2D eigenvalue weighted by Gasteiger charge is 2.66. The van der Waals surface area contributed by atoms with Gasteiger partial charge in [0.2, 0.25) is 0 Å². The summed E-state index contributed by atoms with van der Waals surface area (Å²) < 4.78 is 42.9. The van der Waals surface area contributed by atoms with E-state index in [9.17, 15) is 13.2 Å². The fourth-order valence-corrected chi connectivity index (χ4v) is 5.73. The standard InChI is InChI=1S/C26H29F3N6/c1-16(25(9-10-25)26(27,28)29)34-12-7-17(8-13-34)24-33-21(22-23(30-2)31-11-14-35(22)24)20-15-18-5-3-4-6-19(18)32-20/h4,6,11,14-15,17,32H,1,3,5,7-10,12-13H2,2H3,(H,30,31). The van der Waals surface area contributed by atoms with E-state index >= 15 is 0 Å². The predicted octanol–water partition coefficient (Wildman–Crippen LogP) is 5.76. The number of hydrogen-bond donors (Lipinski definition) is 2. The molecule has 1 saturated carbocycles. The lowest BCUT2D eigenvalue weighted by Gasteiger charge is -2.38. The maximum atomic E-state index is 13.6. The van der Waals surface area contributed by atoms with E-state index in [1.54, 1.807) is 6.20 Å². The van der Waals surface area contributed by atoms with E-state index < -0.39 is 11.6 Å². The van der Waals surface area contributed by atoms with Gasteiger partial charge in [0, 0.05) is 49.8 Å². The van der Waals surface area contributed by atoms with E-state index in [2.05, 4.69) is 44.5 Å². The van der Waals surface area contributed by atoms with Crippen molar-refractivity contribution in [3.63, 3.8) is 0 Å². The number of anilines is 1. The molecule has 2 fully saturated rings. The van der Waals surface area contributed by atoms with Crippen LogP contribution in [0, 0.1) is 5.41 Å². The SMILES string of the molecule is C=C(N1CCC(c2nc(-c3cc4c([nH]3)C=CCC4)c3c(NC)nccn23)CC1)C1(C(F)(F)F)CC1. The molecular weight excluding hydrogens is 453 g/mol. The van der Waals surface area contributed by atoms with Crippen molar-refractivity contribution in [3.8, 4) is 11.4 Å². The van der Waals surface area contributed by atoms with Gasteiger partial charge in [-0.2, -0.15) is 13.2 Å². The molecule has 0 spiro atoms. The molecule has 0 atom stereocenters. The number of allylic oxidation sites excluding steroid dienone is 2. The molecule has 6 nitrogen and oxygen atoms in total. The van der Waals surface area contributed by atoms with Crippen LogP contribution in [0.25, 0.3) is 23.0 Å². The number of aromatic amines is 1. The van der Waals surface area contributed by atoms with Crippen molar-refractivity contribution in [1.29, 1.82) is 0 Å². The topological polar surface area (TPSA) is 61.2 Å². The summed E-state index contributed by atoms with van der Waals surface area (Å²) in [4.78, 5) is 15.0. The van der Waals surface area contributed by atoms with Crippen LogP contribution in [0.2, 0.25) is 0 Å². The molecule has 0 unspecified atom stereocenters. The fourth-order valence-electron chi connectivity index (χ4n) is 5.73. The van der Waals surface area contributed by atoms with Gasteiger partial charge in [0.25, 0.3) is 0 Å². The molecule has 0 bridgehead atoms. The third-order valence-corrected chi connectivity index (χ3v) is 7.96. The molecule has 2 N–H and O–H groups in total. The van der Waals surface area contributed by atoms with E-state index in [4.69, 9.17) is 4.98 Å². The summed E-state index contributed by atoms with van der Waals surface area (Å²) in [5.41, 5.74) is 3.65. The van der Waals surface area contributed by atoms with Gasteiger partial charge in [0.15, 0.2) is 5.82 Å². The number of likely N-dealkylation sites (tertiary alicyclic amines) is 1. The lowest BCUT2D eigenvalue weighted by molar-refractivity contribution is -0.180. The maximum absolute atomic E-state index is 13.6. The van der Waals surface area contributed by atoms with Gasteiger partial charge in [-0.25, -0.2) is 9.97 Å². The number of aromatic nitrogens is 4. The Morgan fingerprint density at radius 3 is 2.69 bits per heavy atom. The molecule has 35 heavy (non-hydrogen) atoms. The summed E-state index contributed by atoms with van der Waals surface area (Å²) in [6.07, 6.45) is 7.54. The van der Waals surface area contributed by atoms with Gasteiger partial charge in [-0.3, -0.25) is 4.40 Å². The molecule has 0 aromatic carbocycles. The van der Waals surface area contributed by atoms with Crippen molar-refractivity contribution >= 4 is 17.4 Å². The van der Waals surface area contributed by atoms with Crippen molar-refractivity contribution in [2.45, 2.75) is 50.6 Å². The summed E-state index contributed by atoms with van der Waals surface area (Å²) in [6, 6.07) is 2.18. The minimum atomic E-state index is -4.23. The van der Waals surface area contributed by atoms with E-state index in [-0.39, 0.29) is 24.5 Å². The number of rotatable bonds is 5. The number of halogens is 3. The highest BCUT2D eigenvalue weighted by Crippen LogP contribution is 2.62. The normalized spacial score (nSPS) is 19.7. The molecule has 1 aliphatic heterocycles. The van der Waals surface area contributed by atoms with E-state index in [0.717, 1.165) is 59.9 Å². The molecule has 9 heteroatoms. The van der Waals surface area contributed by atoms with Gasteiger partial charge in [0.1, 0.15) is 22.5 Å². The third kappa shape index (κ3) is 3.46. The van der Waals surface area contributed by atoms with E-state index in [1.165, 1.54) is 5.56 Å². The van der Waals surface area contributed by atoms with Crippen molar-refractivity contribution < 1.29 is 13.2 Å². The minimum Gasteiger partial charge on any atom is -0.375 e. The Morgan fingerprint density at radius 1 is 1.26 bits per heavy atom. The number of piperidine rings is 1. The van der Waals surface area contributed by atoms with Gasteiger partial charge in [0.05, 0.1) is 5.69 Å². The lowest BCUT2D eigenvalue weighted by Crippen LogP contribution is -2.40. The van der Waals surface area contributed by atoms with Crippen LogP contribution < -0.4 is 5.32 Å². The maximum Gasteiger partial charge on any atom is 0.399 e. The molecule has 184 valence electrons. The Kier molecular flexibility index (Phi) is 5.02. The Labute approximate surface area is 202 Å². The quantitative estimate of drug-likeness (QED) is 0.485. The predicted molar refractivity (Wildman–Crippen MR) is 130 cm³/mol. The lowest BCUT2D eigenvalue weighted by atomic mass is 9.93. The first-order valence-electron chi connectivity index (χ1n) is 12.3. The number of aryl methyl sites for hydroxylation is 1. The summed E-state index contributed by atoms with van der Waals surface area (Å²) in [5, 5.41) is 3.19. The number of nitrogens with zero attached hydrogens (tertiary/aromatic N) is 4. The monoisotopic (exact) mass is 482 g/mol. The largest absolute Gasteiger partial charge is 0.399 e. The highest BCUT2D eigenvalue weighted by molar-refractivity contribution is 5.86. The van der Waals surface area contributed by atoms with E-state index in [0.29, 0.717) is 13.1 Å². The molecule has 4 heterocycles. The zero-order valence-electron chi connectivity index (χ0n) is 19.8. The van der Waals surface area contributed by atoms with Crippen LogP contribution in [-0.2, 0) is 6.42 Å². The average molecular weight is 483 g/mol. The zero-order chi connectivity index (χ0) is 24.4. The van der Waals surface area contributed by atoms with Gasteiger partial charge < -0.3 is 15.2 Å². The van der Waals surface area contributed by atoms with Gasteiger partial charge in [-0.15, -0.1) is 0 Å². The first kappa shape index (κ1) is 22.2. The number of hydrogen-bond acceptors (Lipinski definition) is 4. The van der Waals surface area contributed by atoms with Crippen LogP contribution in [0.4, 0.5) is 19.0 Å². The summed E-state index contributed by atoms with van der Waals surface area (Å²) in [7, 11) is 1.85. The van der Waals surface area contributed by atoms with Crippen molar-refractivity contribution in [1.82, 2.24) is 24.3 Å². The molecular formula is C26H29F3N6. The van der Waals surface area contributed by atoms with Crippen LogP contribution in [0.15, 0.2) is 36.8 Å². The smallest absolute Gasteiger partial charge is 0.375 e. The number of H-pyrrole nitrogens is 1. The van der Waals surface area contributed by atoms with Crippen molar-refractivity contribution in [2.24, 2.45) is 5.41 Å². The van der Waals surface area contributed by atoms with Gasteiger partial charge in [-0.1, -0.05) is 12.7 Å². The zero-order valence-corrected chi connectivity index (χ0v) is 19.8. The Morgan fingerprint density at radius 2 is 2.03 bits per heavy atom. The molecule has 0 radical (unpaired) electrons. The number of fused-ring (bicyclic) bond motifs is 2. The molecule has 3 aromatic heterocycles. The van der Waals surface area contributed by atoms with Crippen molar-refractivity contribution in [3.05, 3.63) is 53.9 Å². The first-order valence-corrected chi connectivity index (χ1v) is 12.3. The highest BCUT2D eigenvalue weighted by atomic mass is 19.4. The number of alkyl halides is 3. The molecule has 0 amide bonds. The Bertz CT molecular complexity index is 1320. The average Bonchev–Trinajstić information content (AvgIpc) is 3.44. The second kappa shape index (κ2) is 7.90. The molecule has 2 aliphatic carbocycles. The summed E-state index contributed by atoms with van der Waals surface area (Å²) >= 11 is 0. The van der Waals surface area contributed by atoms with Crippen LogP contribution in [0.1, 0.15) is 55.1 Å². The second-order valence-electron chi connectivity index (χ2n) is 9.91. The van der Waals surface area contributed by atoms with Crippen LogP contribution >= 0.6 is 0 Å². The summed E-state index contributed by atoms with van der Waals surface area (Å²) in [6.45, 7) is 4.99. The molecule has 3 aromatic rings. The van der Waals surface area contributed by atoms with Crippen LogP contribution in [-0.4, -0.2) is 50.6 Å². The first-order chi connectivity index (χ1) is 16.8. The number of nitrogens with one attached hydrogen (secondary N) is 2. The second-order valence-corrected chi connectivity index (χ2v) is 9.91. The molecule has 1 saturated heterocycles.